The third-order valence-corrected chi connectivity index (χ3v) is 3.06. The van der Waals surface area contributed by atoms with Gasteiger partial charge in [0.25, 0.3) is 0 Å². The van der Waals surface area contributed by atoms with Crippen molar-refractivity contribution in [1.82, 2.24) is 0 Å². The summed E-state index contributed by atoms with van der Waals surface area (Å²) in [6.07, 6.45) is 3.52. The normalized spacial score (nSPS) is 12.2. The summed E-state index contributed by atoms with van der Waals surface area (Å²) >= 11 is 0. The molecule has 1 amide bonds. The van der Waals surface area contributed by atoms with Gasteiger partial charge in [-0.05, 0) is 24.5 Å². The molecule has 0 heterocycles. The summed E-state index contributed by atoms with van der Waals surface area (Å²) in [7, 11) is 1.67. The molecule has 0 aliphatic carbocycles. The fourth-order valence-electron chi connectivity index (χ4n) is 1.85. The summed E-state index contributed by atoms with van der Waals surface area (Å²) in [4.78, 5) is 12.0. The molecule has 0 saturated carbocycles. The summed E-state index contributed by atoms with van der Waals surface area (Å²) in [5.74, 6) is -0.113. The number of methoxy groups -OCH3 is 1. The fraction of sp³-hybridized carbons (Fsp3) is 0.533. The van der Waals surface area contributed by atoms with Crippen LogP contribution in [-0.2, 0) is 16.0 Å². The monoisotopic (exact) mass is 264 g/mol. The van der Waals surface area contributed by atoms with Crippen molar-refractivity contribution in [3.8, 4) is 0 Å². The number of nitrogens with two attached hydrogens (primary N) is 1. The second-order valence-corrected chi connectivity index (χ2v) is 4.64. The molecule has 0 aliphatic rings. The zero-order chi connectivity index (χ0) is 14.1. The van der Waals surface area contributed by atoms with Gasteiger partial charge in [0.1, 0.15) is 0 Å². The van der Waals surface area contributed by atoms with E-state index in [1.54, 1.807) is 7.11 Å². The fourth-order valence-corrected chi connectivity index (χ4v) is 1.85. The van der Waals surface area contributed by atoms with Crippen LogP contribution in [0.15, 0.2) is 24.3 Å². The second kappa shape index (κ2) is 8.67. The molecule has 0 aliphatic heterocycles. The van der Waals surface area contributed by atoms with E-state index >= 15 is 0 Å². The zero-order valence-corrected chi connectivity index (χ0v) is 11.8. The topological polar surface area (TPSA) is 64.4 Å². The lowest BCUT2D eigenvalue weighted by molar-refractivity contribution is -0.117. The number of ether oxygens (including phenoxy) is 1. The maximum Gasteiger partial charge on any atom is 0.241 e. The molecule has 1 aromatic rings. The van der Waals surface area contributed by atoms with E-state index < -0.39 is 6.04 Å². The molecule has 0 saturated heterocycles. The Morgan fingerprint density at radius 3 is 2.84 bits per heavy atom. The molecule has 1 aromatic carbocycles. The lowest BCUT2D eigenvalue weighted by atomic mass is 10.1. The lowest BCUT2D eigenvalue weighted by Crippen LogP contribution is -2.35. The van der Waals surface area contributed by atoms with Crippen molar-refractivity contribution in [2.24, 2.45) is 5.73 Å². The summed E-state index contributed by atoms with van der Waals surface area (Å²) in [6, 6.07) is 7.32. The van der Waals surface area contributed by atoms with Gasteiger partial charge in [-0.1, -0.05) is 38.0 Å². The van der Waals surface area contributed by atoms with E-state index in [4.69, 9.17) is 10.5 Å². The van der Waals surface area contributed by atoms with Crippen LogP contribution >= 0.6 is 0 Å². The first kappa shape index (κ1) is 15.7. The van der Waals surface area contributed by atoms with Gasteiger partial charge in [-0.2, -0.15) is 0 Å². The number of para-hydroxylation sites is 1. The standard InChI is InChI=1S/C15H24N2O2/c1-3-4-8-13(16)15(18)17-14-9-6-5-7-12(14)10-11-19-2/h5-7,9,13H,3-4,8,10-11,16H2,1-2H3,(H,17,18)/t13-/m0/s1. The van der Waals surface area contributed by atoms with Crippen molar-refractivity contribution in [2.75, 3.05) is 19.0 Å². The van der Waals surface area contributed by atoms with Gasteiger partial charge in [0.15, 0.2) is 0 Å². The summed E-state index contributed by atoms with van der Waals surface area (Å²) in [5, 5.41) is 2.91. The molecule has 4 heteroatoms. The Hall–Kier alpha value is -1.39. The molecule has 0 unspecified atom stereocenters. The molecular formula is C15H24N2O2. The first-order chi connectivity index (χ1) is 9.19. The van der Waals surface area contributed by atoms with Crippen molar-refractivity contribution in [3.63, 3.8) is 0 Å². The molecule has 0 bridgehead atoms. The van der Waals surface area contributed by atoms with Crippen molar-refractivity contribution in [3.05, 3.63) is 29.8 Å². The quantitative estimate of drug-likeness (QED) is 0.757. The number of amides is 1. The molecule has 19 heavy (non-hydrogen) atoms. The molecule has 0 aromatic heterocycles. The predicted molar refractivity (Wildman–Crippen MR) is 78.2 cm³/mol. The van der Waals surface area contributed by atoms with Crippen LogP contribution in [0.4, 0.5) is 5.69 Å². The van der Waals surface area contributed by atoms with Gasteiger partial charge >= 0.3 is 0 Å². The maximum absolute atomic E-state index is 12.0. The molecule has 1 atom stereocenters. The van der Waals surface area contributed by atoms with E-state index in [2.05, 4.69) is 12.2 Å². The summed E-state index contributed by atoms with van der Waals surface area (Å²) in [6.45, 7) is 2.72. The lowest BCUT2D eigenvalue weighted by Gasteiger charge is -2.14. The first-order valence-electron chi connectivity index (χ1n) is 6.82. The highest BCUT2D eigenvalue weighted by Crippen LogP contribution is 2.16. The number of carbonyl (C=O) groups is 1. The molecule has 3 N–H and O–H groups in total. The summed E-state index contributed by atoms with van der Waals surface area (Å²) < 4.78 is 5.07. The van der Waals surface area contributed by atoms with Crippen LogP contribution in [0.3, 0.4) is 0 Å². The number of unbranched alkanes of at least 4 members (excludes halogenated alkanes) is 1. The third kappa shape index (κ3) is 5.41. The molecule has 0 fully saturated rings. The minimum Gasteiger partial charge on any atom is -0.384 e. The zero-order valence-electron chi connectivity index (χ0n) is 11.8. The number of benzene rings is 1. The van der Waals surface area contributed by atoms with Gasteiger partial charge in [-0.15, -0.1) is 0 Å². The van der Waals surface area contributed by atoms with Crippen molar-refractivity contribution >= 4 is 11.6 Å². The molecular weight excluding hydrogens is 240 g/mol. The average Bonchev–Trinajstić information content (AvgIpc) is 2.43. The van der Waals surface area contributed by atoms with Crippen molar-refractivity contribution < 1.29 is 9.53 Å². The molecule has 0 radical (unpaired) electrons. The van der Waals surface area contributed by atoms with Crippen LogP contribution in [0.2, 0.25) is 0 Å². The Morgan fingerprint density at radius 2 is 2.16 bits per heavy atom. The Bertz CT molecular complexity index is 393. The second-order valence-electron chi connectivity index (χ2n) is 4.64. The van der Waals surface area contributed by atoms with E-state index in [0.717, 1.165) is 36.9 Å². The molecule has 0 spiro atoms. The first-order valence-corrected chi connectivity index (χ1v) is 6.82. The van der Waals surface area contributed by atoms with E-state index in [1.807, 2.05) is 24.3 Å². The number of rotatable bonds is 8. The van der Waals surface area contributed by atoms with Crippen LogP contribution < -0.4 is 11.1 Å². The van der Waals surface area contributed by atoms with Crippen LogP contribution in [0, 0.1) is 0 Å². The van der Waals surface area contributed by atoms with Crippen LogP contribution in [-0.4, -0.2) is 25.7 Å². The molecule has 1 rings (SSSR count). The van der Waals surface area contributed by atoms with Gasteiger partial charge in [0.2, 0.25) is 5.91 Å². The Labute approximate surface area is 115 Å². The Morgan fingerprint density at radius 1 is 1.42 bits per heavy atom. The Balaban J connectivity index is 2.62. The van der Waals surface area contributed by atoms with Gasteiger partial charge in [0.05, 0.1) is 12.6 Å². The largest absolute Gasteiger partial charge is 0.384 e. The highest BCUT2D eigenvalue weighted by Gasteiger charge is 2.14. The van der Waals surface area contributed by atoms with Crippen LogP contribution in [0.5, 0.6) is 0 Å². The van der Waals surface area contributed by atoms with E-state index in [-0.39, 0.29) is 5.91 Å². The van der Waals surface area contributed by atoms with E-state index in [1.165, 1.54) is 0 Å². The number of anilines is 1. The smallest absolute Gasteiger partial charge is 0.241 e. The highest BCUT2D eigenvalue weighted by molar-refractivity contribution is 5.95. The number of nitrogens with one attached hydrogen (secondary N) is 1. The third-order valence-electron chi connectivity index (χ3n) is 3.06. The molecule has 106 valence electrons. The van der Waals surface area contributed by atoms with E-state index in [9.17, 15) is 4.79 Å². The van der Waals surface area contributed by atoms with E-state index in [0.29, 0.717) is 6.61 Å². The number of carbonyl (C=O) groups excluding carboxylic acids is 1. The van der Waals surface area contributed by atoms with Gasteiger partial charge in [-0.25, -0.2) is 0 Å². The predicted octanol–water partition coefficient (Wildman–Crippen LogP) is 2.33. The minimum atomic E-state index is -0.435. The Kier molecular flexibility index (Phi) is 7.15. The summed E-state index contributed by atoms with van der Waals surface area (Å²) in [5.41, 5.74) is 7.76. The SMILES string of the molecule is CCCC[C@H](N)C(=O)Nc1ccccc1CCOC. The minimum absolute atomic E-state index is 0.113. The van der Waals surface area contributed by atoms with Crippen molar-refractivity contribution in [2.45, 2.75) is 38.6 Å². The van der Waals surface area contributed by atoms with Gasteiger partial charge < -0.3 is 15.8 Å². The average molecular weight is 264 g/mol. The number of hydrogen-bond acceptors (Lipinski definition) is 3. The van der Waals surface area contributed by atoms with Crippen LogP contribution in [0.1, 0.15) is 31.7 Å². The number of hydrogen-bond donors (Lipinski definition) is 2. The van der Waals surface area contributed by atoms with Gasteiger partial charge in [0, 0.05) is 12.8 Å². The van der Waals surface area contributed by atoms with Gasteiger partial charge in [-0.3, -0.25) is 4.79 Å². The van der Waals surface area contributed by atoms with Crippen LogP contribution in [0.25, 0.3) is 0 Å². The highest BCUT2D eigenvalue weighted by atomic mass is 16.5. The maximum atomic E-state index is 12.0. The van der Waals surface area contributed by atoms with Crippen molar-refractivity contribution in [1.29, 1.82) is 0 Å². The molecule has 4 nitrogen and oxygen atoms in total.